The van der Waals surface area contributed by atoms with Crippen LogP contribution in [-0.2, 0) is 11.3 Å². The summed E-state index contributed by atoms with van der Waals surface area (Å²) in [6, 6.07) is 18.4. The second-order valence-corrected chi connectivity index (χ2v) is 8.76. The molecule has 0 aliphatic carbocycles. The van der Waals surface area contributed by atoms with Crippen LogP contribution >= 0.6 is 11.3 Å². The van der Waals surface area contributed by atoms with Crippen LogP contribution in [0.2, 0.25) is 0 Å². The summed E-state index contributed by atoms with van der Waals surface area (Å²) in [5.74, 6) is -0.978. The third-order valence-electron chi connectivity index (χ3n) is 5.37. The number of carbonyl (C=O) groups excluding carboxylic acids is 1. The zero-order valence-corrected chi connectivity index (χ0v) is 16.9. The number of likely N-dealkylation sites (tertiary alicyclic amines) is 1. The molecule has 0 spiro atoms. The van der Waals surface area contributed by atoms with Crippen molar-refractivity contribution < 1.29 is 4.79 Å². The number of hydrogen-bond donors (Lipinski definition) is 0. The van der Waals surface area contributed by atoms with Gasteiger partial charge in [-0.25, -0.2) is 0 Å². The molecule has 2 aliphatic heterocycles. The van der Waals surface area contributed by atoms with Gasteiger partial charge in [-0.1, -0.05) is 0 Å². The topological polar surface area (TPSA) is 80.2 Å². The Balaban J connectivity index is 1.85. The van der Waals surface area contributed by atoms with E-state index < -0.39 is 22.7 Å². The third-order valence-corrected chi connectivity index (χ3v) is 7.27. The second-order valence-electron chi connectivity index (χ2n) is 6.97. The molecule has 0 saturated carbocycles. The Bertz CT molecular complexity index is 991. The summed E-state index contributed by atoms with van der Waals surface area (Å²) in [6.45, 7) is 1.26. The van der Waals surface area contributed by atoms with Crippen LogP contribution in [0.3, 0.4) is 0 Å². The first-order valence-electron chi connectivity index (χ1n) is 8.48. The van der Waals surface area contributed by atoms with Crippen molar-refractivity contribution >= 4 is 37.9 Å². The maximum absolute atomic E-state index is 13.0. The van der Waals surface area contributed by atoms with E-state index in [2.05, 4.69) is 33.1 Å². The molecule has 3 atom stereocenters. The molecule has 1 radical (unpaired) electrons. The molecule has 5 nitrogen and oxygen atoms in total. The summed E-state index contributed by atoms with van der Waals surface area (Å²) in [6.07, 6.45) is 0. The fourth-order valence-electron chi connectivity index (χ4n) is 4.23. The van der Waals surface area contributed by atoms with E-state index in [1.165, 1.54) is 11.3 Å². The molecule has 1 amide bonds. The Morgan fingerprint density at radius 2 is 1.85 bits per heavy atom. The van der Waals surface area contributed by atoms with Gasteiger partial charge in [0.05, 0.1) is 0 Å². The van der Waals surface area contributed by atoms with E-state index in [-0.39, 0.29) is 6.54 Å². The van der Waals surface area contributed by atoms with Crippen LogP contribution in [0.5, 0.6) is 0 Å². The first-order chi connectivity index (χ1) is 13.1. The molecular weight excluding hydrogens is 423 g/mol. The van der Waals surface area contributed by atoms with Crippen molar-refractivity contribution in [2.24, 2.45) is 15.8 Å². The van der Waals surface area contributed by atoms with Crippen molar-refractivity contribution in [3.05, 3.63) is 58.3 Å². The molecule has 1 saturated heterocycles. The number of hydrogen-bond acceptors (Lipinski definition) is 5. The van der Waals surface area contributed by atoms with Crippen LogP contribution in [0.25, 0.3) is 0 Å². The molecule has 2 aliphatic rings. The standard InChI is InChI=1S/C20H15N4OSSe/c21-10-19-12-24(9-14-5-2-1-3-6-14)13-20(11-22,18(27)23-17(19)25)16(19)15-7-4-8-26-15/h1-8,16H,9,12-13H2. The zero-order valence-electron chi connectivity index (χ0n) is 14.3. The Kier molecular flexibility index (Phi) is 4.50. The van der Waals surface area contributed by atoms with Crippen LogP contribution in [-0.4, -0.2) is 44.5 Å². The average Bonchev–Trinajstić information content (AvgIpc) is 3.20. The van der Waals surface area contributed by atoms with Gasteiger partial charge in [0, 0.05) is 0 Å². The molecular formula is C20H15N4OSSe. The van der Waals surface area contributed by atoms with Crippen LogP contribution < -0.4 is 0 Å². The number of carbonyl (C=O) groups is 1. The predicted octanol–water partition coefficient (Wildman–Crippen LogP) is 2.47. The van der Waals surface area contributed by atoms with E-state index in [0.29, 0.717) is 17.7 Å². The average molecular weight is 438 g/mol. The van der Waals surface area contributed by atoms with Gasteiger partial charge in [-0.05, 0) is 0 Å². The van der Waals surface area contributed by atoms with Crippen molar-refractivity contribution in [1.82, 2.24) is 4.90 Å². The van der Waals surface area contributed by atoms with Gasteiger partial charge in [-0.2, -0.15) is 0 Å². The number of benzene rings is 1. The Labute approximate surface area is 169 Å². The van der Waals surface area contributed by atoms with Gasteiger partial charge >= 0.3 is 170 Å². The number of nitrogens with zero attached hydrogens (tertiary/aromatic N) is 4. The number of fused-ring (bicyclic) bond motifs is 2. The normalized spacial score (nSPS) is 30.2. The van der Waals surface area contributed by atoms with Gasteiger partial charge < -0.3 is 0 Å². The second kappa shape index (κ2) is 6.71. The molecule has 4 rings (SSSR count). The molecule has 2 bridgehead atoms. The van der Waals surface area contributed by atoms with E-state index in [1.54, 1.807) is 0 Å². The fraction of sp³-hybridized carbons (Fsp3) is 0.300. The van der Waals surface area contributed by atoms with Gasteiger partial charge in [0.25, 0.3) is 0 Å². The number of amides is 1. The maximum atomic E-state index is 13.0. The number of thiophene rings is 1. The molecule has 27 heavy (non-hydrogen) atoms. The number of rotatable bonds is 3. The Hall–Kier alpha value is -2.28. The van der Waals surface area contributed by atoms with E-state index in [1.807, 2.05) is 52.7 Å². The van der Waals surface area contributed by atoms with Crippen LogP contribution in [0.4, 0.5) is 0 Å². The quantitative estimate of drug-likeness (QED) is 0.690. The number of piperidine rings is 1. The van der Waals surface area contributed by atoms with E-state index in [9.17, 15) is 15.3 Å². The predicted molar refractivity (Wildman–Crippen MR) is 103 cm³/mol. The number of aliphatic imine (C=N–C) groups is 1. The monoisotopic (exact) mass is 439 g/mol. The molecule has 133 valence electrons. The first-order valence-corrected chi connectivity index (χ1v) is 10.2. The van der Waals surface area contributed by atoms with Crippen LogP contribution in [0.15, 0.2) is 52.8 Å². The summed E-state index contributed by atoms with van der Waals surface area (Å²) in [5.41, 5.74) is -1.32. The molecule has 1 aromatic carbocycles. The molecule has 0 N–H and O–H groups in total. The van der Waals surface area contributed by atoms with Gasteiger partial charge in [-0.3, -0.25) is 0 Å². The molecule has 1 aromatic heterocycles. The van der Waals surface area contributed by atoms with E-state index >= 15 is 0 Å². The van der Waals surface area contributed by atoms with Gasteiger partial charge in [-0.15, -0.1) is 0 Å². The third kappa shape index (κ3) is 2.67. The van der Waals surface area contributed by atoms with E-state index in [4.69, 9.17) is 0 Å². The van der Waals surface area contributed by atoms with Gasteiger partial charge in [0.2, 0.25) is 0 Å². The van der Waals surface area contributed by atoms with Crippen molar-refractivity contribution in [3.8, 4) is 12.1 Å². The fourth-order valence-corrected chi connectivity index (χ4v) is 5.89. The van der Waals surface area contributed by atoms with Crippen LogP contribution in [0.1, 0.15) is 16.4 Å². The van der Waals surface area contributed by atoms with Crippen molar-refractivity contribution in [3.63, 3.8) is 0 Å². The van der Waals surface area contributed by atoms with Crippen molar-refractivity contribution in [1.29, 1.82) is 10.5 Å². The summed E-state index contributed by atoms with van der Waals surface area (Å²) < 4.78 is 0.386. The summed E-state index contributed by atoms with van der Waals surface area (Å²) in [5, 5.41) is 22.3. The molecule has 7 heteroatoms. The zero-order chi connectivity index (χ0) is 19.1. The summed E-state index contributed by atoms with van der Waals surface area (Å²) in [7, 11) is 0. The van der Waals surface area contributed by atoms with E-state index in [0.717, 1.165) is 10.4 Å². The minimum atomic E-state index is -1.36. The van der Waals surface area contributed by atoms with Gasteiger partial charge in [0.15, 0.2) is 0 Å². The van der Waals surface area contributed by atoms with Crippen molar-refractivity contribution in [2.45, 2.75) is 12.5 Å². The molecule has 3 unspecified atom stereocenters. The summed E-state index contributed by atoms with van der Waals surface area (Å²) in [4.78, 5) is 20.0. The SMILES string of the molecule is N#CC12CN(Cc3ccccc3)CC(C#N)(C([Se])=NC1=O)C2c1cccs1. The van der Waals surface area contributed by atoms with Gasteiger partial charge in [0.1, 0.15) is 0 Å². The molecule has 3 heterocycles. The molecule has 1 fully saturated rings. The summed E-state index contributed by atoms with van der Waals surface area (Å²) >= 11 is 4.33. The Morgan fingerprint density at radius 3 is 2.48 bits per heavy atom. The Morgan fingerprint density at radius 1 is 1.15 bits per heavy atom. The first kappa shape index (κ1) is 18.1. The molecule has 2 aromatic rings. The minimum absolute atomic E-state index is 0.264. The van der Waals surface area contributed by atoms with Crippen LogP contribution in [0, 0.1) is 33.5 Å². The van der Waals surface area contributed by atoms with Crippen molar-refractivity contribution in [2.75, 3.05) is 13.1 Å². The number of nitriles is 2.